The molecule has 0 aliphatic carbocycles. The molecule has 2 aliphatic heterocycles. The Kier molecular flexibility index (Phi) is 8.35. The van der Waals surface area contributed by atoms with Crippen LogP contribution < -0.4 is 5.32 Å². The van der Waals surface area contributed by atoms with Crippen LogP contribution in [0.15, 0.2) is 0 Å². The second-order valence-corrected chi connectivity index (χ2v) is 8.73. The summed E-state index contributed by atoms with van der Waals surface area (Å²) in [6.07, 6.45) is -1.50. The van der Waals surface area contributed by atoms with Crippen molar-refractivity contribution in [2.45, 2.75) is 81.1 Å². The highest BCUT2D eigenvalue weighted by atomic mass is 32.2. The molecule has 1 amide bonds. The highest BCUT2D eigenvalue weighted by molar-refractivity contribution is 7.99. The predicted octanol–water partition coefficient (Wildman–Crippen LogP) is -0.857. The van der Waals surface area contributed by atoms with Gasteiger partial charge in [-0.05, 0) is 39.0 Å². The number of nitrogens with one attached hydrogen (secondary N) is 1. The topological polar surface area (TPSA) is 122 Å². The van der Waals surface area contributed by atoms with Gasteiger partial charge in [0.25, 0.3) is 0 Å². The molecule has 0 aromatic carbocycles. The lowest BCUT2D eigenvalue weighted by Gasteiger charge is -2.44. The fraction of sp³-hybridized carbons (Fsp3) is 0.944. The average molecular weight is 407 g/mol. The number of hydrogen-bond donors (Lipinski definition) is 5. The van der Waals surface area contributed by atoms with E-state index in [2.05, 4.69) is 12.2 Å². The van der Waals surface area contributed by atoms with Crippen molar-refractivity contribution in [3.63, 3.8) is 0 Å². The zero-order valence-electron chi connectivity index (χ0n) is 16.5. The van der Waals surface area contributed by atoms with Gasteiger partial charge in [0.2, 0.25) is 5.91 Å². The number of carbonyl (C=O) groups excluding carboxylic acids is 1. The van der Waals surface area contributed by atoms with Crippen molar-refractivity contribution in [2.75, 3.05) is 19.8 Å². The maximum atomic E-state index is 12.8. The number of hydrogen-bond acceptors (Lipinski definition) is 8. The molecule has 2 aliphatic rings. The van der Waals surface area contributed by atoms with Crippen molar-refractivity contribution in [3.05, 3.63) is 0 Å². The summed E-state index contributed by atoms with van der Waals surface area (Å²) in [4.78, 5) is 14.9. The van der Waals surface area contributed by atoms with Crippen LogP contribution in [-0.2, 0) is 9.53 Å². The van der Waals surface area contributed by atoms with Crippen LogP contribution >= 0.6 is 11.8 Å². The van der Waals surface area contributed by atoms with E-state index in [4.69, 9.17) is 4.74 Å². The molecule has 27 heavy (non-hydrogen) atoms. The summed E-state index contributed by atoms with van der Waals surface area (Å²) in [6, 6.07) is -1.20. The third kappa shape index (κ3) is 5.14. The second-order valence-electron chi connectivity index (χ2n) is 7.80. The number of carbonyl (C=O) groups is 1. The molecule has 2 rings (SSSR count). The predicted molar refractivity (Wildman–Crippen MR) is 103 cm³/mol. The molecule has 2 fully saturated rings. The Bertz CT molecular complexity index is 494. The highest BCUT2D eigenvalue weighted by Crippen LogP contribution is 2.30. The Hall–Kier alpha value is -0.420. The lowest BCUT2D eigenvalue weighted by atomic mass is 9.92. The summed E-state index contributed by atoms with van der Waals surface area (Å²) in [5.74, 6) is 0.245. The van der Waals surface area contributed by atoms with Crippen molar-refractivity contribution in [3.8, 4) is 0 Å². The van der Waals surface area contributed by atoms with Gasteiger partial charge in [-0.3, -0.25) is 9.69 Å². The van der Waals surface area contributed by atoms with Gasteiger partial charge in [-0.25, -0.2) is 0 Å². The molecule has 2 heterocycles. The second kappa shape index (κ2) is 9.87. The van der Waals surface area contributed by atoms with Gasteiger partial charge in [-0.2, -0.15) is 0 Å². The summed E-state index contributed by atoms with van der Waals surface area (Å²) in [5.41, 5.74) is -0.755. The van der Waals surface area contributed by atoms with E-state index in [0.29, 0.717) is 5.92 Å². The van der Waals surface area contributed by atoms with E-state index in [1.54, 1.807) is 6.26 Å². The summed E-state index contributed by atoms with van der Waals surface area (Å²) in [6.45, 7) is 4.48. The monoisotopic (exact) mass is 406 g/mol. The van der Waals surface area contributed by atoms with E-state index in [9.17, 15) is 25.2 Å². The molecule has 0 unspecified atom stereocenters. The van der Waals surface area contributed by atoms with E-state index >= 15 is 0 Å². The van der Waals surface area contributed by atoms with Crippen LogP contribution in [-0.4, -0.2) is 99.1 Å². The molecule has 0 aromatic heterocycles. The fourth-order valence-electron chi connectivity index (χ4n) is 4.13. The summed E-state index contributed by atoms with van der Waals surface area (Å²) < 4.78 is 5.72. The van der Waals surface area contributed by atoms with Gasteiger partial charge in [0.1, 0.15) is 29.9 Å². The van der Waals surface area contributed by atoms with Gasteiger partial charge >= 0.3 is 0 Å². The first kappa shape index (κ1) is 22.9. The molecular formula is C18H34N2O6S. The summed E-state index contributed by atoms with van der Waals surface area (Å²) in [7, 11) is 1.91. The number of amides is 1. The highest BCUT2D eigenvalue weighted by Gasteiger charge is 2.48. The van der Waals surface area contributed by atoms with Crippen LogP contribution in [0.25, 0.3) is 0 Å². The Morgan fingerprint density at radius 2 is 1.96 bits per heavy atom. The van der Waals surface area contributed by atoms with Gasteiger partial charge in [0.05, 0.1) is 18.2 Å². The number of aliphatic hydroxyl groups is 4. The van der Waals surface area contributed by atoms with Crippen LogP contribution in [0.5, 0.6) is 0 Å². The van der Waals surface area contributed by atoms with Crippen molar-refractivity contribution in [2.24, 2.45) is 5.92 Å². The molecular weight excluding hydrogens is 372 g/mol. The Labute approximate surface area is 165 Å². The van der Waals surface area contributed by atoms with Crippen LogP contribution in [0.1, 0.15) is 33.1 Å². The number of rotatable bonds is 7. The number of likely N-dealkylation sites (tertiary alicyclic amines) is 1. The Balaban J connectivity index is 2.09. The van der Waals surface area contributed by atoms with Crippen LogP contribution in [0.3, 0.4) is 0 Å². The molecule has 9 atom stereocenters. The minimum Gasteiger partial charge on any atom is -0.391 e. The minimum absolute atomic E-state index is 0.223. The summed E-state index contributed by atoms with van der Waals surface area (Å²) in [5, 5.41) is 43.5. The molecule has 9 heteroatoms. The normalized spacial score (nSPS) is 39.9. The largest absolute Gasteiger partial charge is 0.391 e. The maximum Gasteiger partial charge on any atom is 0.237 e. The van der Waals surface area contributed by atoms with Crippen LogP contribution in [0.4, 0.5) is 0 Å². The van der Waals surface area contributed by atoms with E-state index in [1.165, 1.54) is 18.7 Å². The van der Waals surface area contributed by atoms with Crippen molar-refractivity contribution in [1.82, 2.24) is 10.2 Å². The van der Waals surface area contributed by atoms with Gasteiger partial charge in [-0.15, -0.1) is 11.8 Å². The van der Waals surface area contributed by atoms with Crippen molar-refractivity contribution >= 4 is 17.7 Å². The molecule has 0 aromatic rings. The van der Waals surface area contributed by atoms with E-state index in [-0.39, 0.29) is 11.9 Å². The van der Waals surface area contributed by atoms with Gasteiger partial charge in [0.15, 0.2) is 0 Å². The first-order valence-electron chi connectivity index (χ1n) is 9.62. The maximum absolute atomic E-state index is 12.8. The van der Waals surface area contributed by atoms with Gasteiger partial charge < -0.3 is 30.5 Å². The van der Waals surface area contributed by atoms with Crippen LogP contribution in [0.2, 0.25) is 0 Å². The first-order valence-corrected chi connectivity index (χ1v) is 10.9. The molecule has 158 valence electrons. The molecule has 0 spiro atoms. The number of nitrogens with zero attached hydrogens (tertiary/aromatic N) is 1. The molecule has 5 N–H and O–H groups in total. The molecule has 2 saturated heterocycles. The zero-order chi connectivity index (χ0) is 20.3. The van der Waals surface area contributed by atoms with E-state index < -0.39 is 42.0 Å². The molecule has 0 radical (unpaired) electrons. The first-order chi connectivity index (χ1) is 12.7. The average Bonchev–Trinajstić information content (AvgIpc) is 2.99. The van der Waals surface area contributed by atoms with Gasteiger partial charge in [-0.1, -0.05) is 13.3 Å². The number of ether oxygens (including phenoxy) is 1. The zero-order valence-corrected chi connectivity index (χ0v) is 17.3. The quantitative estimate of drug-likeness (QED) is 0.370. The molecule has 0 bridgehead atoms. The Morgan fingerprint density at radius 3 is 2.52 bits per heavy atom. The summed E-state index contributed by atoms with van der Waals surface area (Å²) >= 11 is 1.20. The van der Waals surface area contributed by atoms with E-state index in [1.807, 2.05) is 11.9 Å². The Morgan fingerprint density at radius 1 is 1.30 bits per heavy atom. The number of likely N-dealkylation sites (N-methyl/N-ethyl adjacent to an activating group) is 1. The van der Waals surface area contributed by atoms with Crippen molar-refractivity contribution < 1.29 is 30.0 Å². The number of aliphatic hydroxyl groups excluding tert-OH is 4. The van der Waals surface area contributed by atoms with Gasteiger partial charge in [0, 0.05) is 6.54 Å². The lowest BCUT2D eigenvalue weighted by molar-refractivity contribution is -0.211. The number of thioether (sulfide) groups is 1. The van der Waals surface area contributed by atoms with Crippen LogP contribution in [0, 0.1) is 5.92 Å². The lowest BCUT2D eigenvalue weighted by Crippen LogP contribution is -2.65. The third-order valence-electron chi connectivity index (χ3n) is 5.66. The van der Waals surface area contributed by atoms with Crippen molar-refractivity contribution in [1.29, 1.82) is 0 Å². The molecule has 8 nitrogen and oxygen atoms in total. The molecule has 0 saturated carbocycles. The third-order valence-corrected chi connectivity index (χ3v) is 6.51. The standard InChI is InChI=1S/C18H34N2O6S/c1-5-6-10-7-11(20(3)8-10)17(25)19-12(9(2)21)16-14(23)13(22)15(24)18(26-16)27-4/h9-16,18,21-24H,5-8H2,1-4H3,(H,19,25)/t9-,10-,11-,12-,13+,14+,15-,16-,18-/m1/s1. The SMILES string of the molecule is CCC[C@@H]1C[C@H](C(=O)N[C@@H]([C@H]2O[C@H](SC)[C@H](O)[C@@H](O)[C@@H]2O)[C@@H](C)O)N(C)C1. The minimum atomic E-state index is -1.42. The van der Waals surface area contributed by atoms with E-state index in [0.717, 1.165) is 25.8 Å². The smallest absolute Gasteiger partial charge is 0.237 e. The fourth-order valence-corrected chi connectivity index (χ4v) is 4.81.